The van der Waals surface area contributed by atoms with Crippen molar-refractivity contribution in [3.63, 3.8) is 0 Å². The first kappa shape index (κ1) is 6.30. The molecule has 3 saturated heterocycles. The Balaban J connectivity index is 0.000000422. The van der Waals surface area contributed by atoms with Gasteiger partial charge in [-0.15, -0.1) is 0 Å². The molecule has 4 fully saturated rings. The van der Waals surface area contributed by atoms with Crippen molar-refractivity contribution in [1.29, 1.82) is 0 Å². The Hall–Kier alpha value is -0.230. The predicted molar refractivity (Wildman–Crippen MR) is 29.6 cm³/mol. The smallest absolute Gasteiger partial charge is 0.225 e. The summed E-state index contributed by atoms with van der Waals surface area (Å²) >= 11 is 0. The first-order chi connectivity index (χ1) is 4.81. The highest BCUT2D eigenvalue weighted by Crippen LogP contribution is 2.61. The average molecular weight is 162 g/mol. The first-order valence-corrected chi connectivity index (χ1v) is 3.52. The monoisotopic (exact) mass is 162 g/mol. The molecule has 0 amide bonds. The standard InChI is InChI=1S/C6H6O4.FH/c7-6-4-2(9-4)1-3(8-1)5(6)10-6;/h1-5,7H;1H. The number of hydrogen-bond donors (Lipinski definition) is 1. The number of halogens is 1. The molecule has 0 aromatic heterocycles. The van der Waals surface area contributed by atoms with Gasteiger partial charge in [-0.1, -0.05) is 0 Å². The zero-order chi connectivity index (χ0) is 6.51. The zero-order valence-corrected chi connectivity index (χ0v) is 5.47. The molecule has 4 nitrogen and oxygen atoms in total. The molecular weight excluding hydrogens is 155 g/mol. The molecule has 1 aliphatic carbocycles. The molecule has 3 aliphatic heterocycles. The van der Waals surface area contributed by atoms with E-state index in [0.717, 1.165) is 0 Å². The maximum Gasteiger partial charge on any atom is 0.225 e. The molecular formula is C6H7FO4. The second-order valence-corrected chi connectivity index (χ2v) is 3.38. The molecule has 4 rings (SSSR count). The summed E-state index contributed by atoms with van der Waals surface area (Å²) in [6.07, 6.45) is 0.336. The van der Waals surface area contributed by atoms with Crippen molar-refractivity contribution in [2.75, 3.05) is 0 Å². The number of ether oxygens (including phenoxy) is 3. The Morgan fingerprint density at radius 1 is 1.00 bits per heavy atom. The van der Waals surface area contributed by atoms with Crippen molar-refractivity contribution in [2.45, 2.75) is 36.3 Å². The van der Waals surface area contributed by atoms with Gasteiger partial charge in [0.1, 0.15) is 30.5 Å². The van der Waals surface area contributed by atoms with Crippen LogP contribution in [0.4, 0.5) is 4.70 Å². The molecule has 0 aromatic carbocycles. The molecule has 62 valence electrons. The molecule has 3 heterocycles. The van der Waals surface area contributed by atoms with E-state index in [4.69, 9.17) is 14.2 Å². The molecule has 6 unspecified atom stereocenters. The first-order valence-electron chi connectivity index (χ1n) is 3.52. The lowest BCUT2D eigenvalue weighted by Crippen LogP contribution is -2.32. The van der Waals surface area contributed by atoms with E-state index in [2.05, 4.69) is 0 Å². The Kier molecular flexibility index (Phi) is 0.762. The Labute approximate surface area is 61.4 Å². The van der Waals surface area contributed by atoms with Gasteiger partial charge in [-0.05, 0) is 0 Å². The molecule has 0 radical (unpaired) electrons. The summed E-state index contributed by atoms with van der Waals surface area (Å²) in [7, 11) is 0. The van der Waals surface area contributed by atoms with Gasteiger partial charge in [0.05, 0.1) is 0 Å². The zero-order valence-electron chi connectivity index (χ0n) is 5.47. The minimum absolute atomic E-state index is 0. The highest BCUT2D eigenvalue weighted by Gasteiger charge is 2.84. The van der Waals surface area contributed by atoms with Crippen molar-refractivity contribution in [3.05, 3.63) is 0 Å². The normalized spacial score (nSPS) is 73.4. The Morgan fingerprint density at radius 3 is 2.55 bits per heavy atom. The lowest BCUT2D eigenvalue weighted by Gasteiger charge is -2.00. The Bertz CT molecular complexity index is 225. The van der Waals surface area contributed by atoms with Gasteiger partial charge in [-0.3, -0.25) is 4.70 Å². The van der Waals surface area contributed by atoms with Gasteiger partial charge >= 0.3 is 0 Å². The van der Waals surface area contributed by atoms with Gasteiger partial charge in [0, 0.05) is 0 Å². The van der Waals surface area contributed by atoms with E-state index in [1.54, 1.807) is 0 Å². The predicted octanol–water partition coefficient (Wildman–Crippen LogP) is -1.23. The van der Waals surface area contributed by atoms with Crippen LogP contribution in [0.25, 0.3) is 0 Å². The van der Waals surface area contributed by atoms with Crippen LogP contribution in [-0.2, 0) is 14.2 Å². The van der Waals surface area contributed by atoms with Crippen LogP contribution in [0.1, 0.15) is 0 Å². The highest BCUT2D eigenvalue weighted by molar-refractivity contribution is 5.26. The van der Waals surface area contributed by atoms with Crippen LogP contribution in [0.5, 0.6) is 0 Å². The van der Waals surface area contributed by atoms with Gasteiger partial charge in [-0.25, -0.2) is 0 Å². The van der Waals surface area contributed by atoms with E-state index in [9.17, 15) is 5.11 Å². The number of rotatable bonds is 0. The Morgan fingerprint density at radius 2 is 1.73 bits per heavy atom. The van der Waals surface area contributed by atoms with Crippen molar-refractivity contribution >= 4 is 0 Å². The maximum atomic E-state index is 9.53. The summed E-state index contributed by atoms with van der Waals surface area (Å²) in [4.78, 5) is 0. The van der Waals surface area contributed by atoms with Crippen LogP contribution in [0, 0.1) is 0 Å². The number of aliphatic hydroxyl groups is 1. The molecule has 0 aromatic rings. The fourth-order valence-electron chi connectivity index (χ4n) is 2.05. The fraction of sp³-hybridized carbons (Fsp3) is 1.00. The molecule has 5 heteroatoms. The van der Waals surface area contributed by atoms with Crippen molar-refractivity contribution in [3.8, 4) is 0 Å². The lowest BCUT2D eigenvalue weighted by atomic mass is 9.98. The number of epoxide rings is 3. The minimum atomic E-state index is -0.956. The second-order valence-electron chi connectivity index (χ2n) is 3.38. The van der Waals surface area contributed by atoms with Crippen LogP contribution < -0.4 is 0 Å². The number of fused-ring (bicyclic) bond motifs is 6. The van der Waals surface area contributed by atoms with Gasteiger partial charge in [-0.2, -0.15) is 0 Å². The summed E-state index contributed by atoms with van der Waals surface area (Å²) in [5, 5.41) is 9.53. The van der Waals surface area contributed by atoms with Crippen LogP contribution in [0.15, 0.2) is 0 Å². The second kappa shape index (κ2) is 1.33. The quantitative estimate of drug-likeness (QED) is 0.453. The minimum Gasteiger partial charge on any atom is -0.364 e. The summed E-state index contributed by atoms with van der Waals surface area (Å²) in [5.74, 6) is -0.956. The third-order valence-corrected chi connectivity index (χ3v) is 2.78. The van der Waals surface area contributed by atoms with Crippen molar-refractivity contribution < 1.29 is 24.0 Å². The van der Waals surface area contributed by atoms with E-state index < -0.39 is 5.79 Å². The van der Waals surface area contributed by atoms with E-state index in [1.807, 2.05) is 0 Å². The molecule has 1 saturated carbocycles. The summed E-state index contributed by atoms with van der Waals surface area (Å²) in [5.41, 5.74) is 0. The molecule has 0 bridgehead atoms. The fourth-order valence-corrected chi connectivity index (χ4v) is 2.05. The topological polar surface area (TPSA) is 57.8 Å². The van der Waals surface area contributed by atoms with Gasteiger partial charge in [0.15, 0.2) is 0 Å². The lowest BCUT2D eigenvalue weighted by molar-refractivity contribution is 0.0105. The van der Waals surface area contributed by atoms with E-state index in [-0.39, 0.29) is 35.2 Å². The van der Waals surface area contributed by atoms with Crippen LogP contribution in [-0.4, -0.2) is 41.4 Å². The van der Waals surface area contributed by atoms with Crippen LogP contribution in [0.3, 0.4) is 0 Å². The highest BCUT2D eigenvalue weighted by atomic mass is 19.0. The van der Waals surface area contributed by atoms with Crippen molar-refractivity contribution in [1.82, 2.24) is 0 Å². The SMILES string of the molecule is F.OC12OC1C1OC1C1OC12. The van der Waals surface area contributed by atoms with E-state index in [0.29, 0.717) is 0 Å². The summed E-state index contributed by atoms with van der Waals surface area (Å²) in [6, 6.07) is 0. The maximum absolute atomic E-state index is 9.53. The van der Waals surface area contributed by atoms with Crippen LogP contribution >= 0.6 is 0 Å². The van der Waals surface area contributed by atoms with Gasteiger partial charge < -0.3 is 19.3 Å². The van der Waals surface area contributed by atoms with Gasteiger partial charge in [0.25, 0.3) is 0 Å². The molecule has 4 aliphatic rings. The number of hydrogen-bond acceptors (Lipinski definition) is 4. The summed E-state index contributed by atoms with van der Waals surface area (Å²) < 4.78 is 15.5. The molecule has 1 N–H and O–H groups in total. The molecule has 0 spiro atoms. The molecule has 11 heavy (non-hydrogen) atoms. The van der Waals surface area contributed by atoms with E-state index >= 15 is 0 Å². The summed E-state index contributed by atoms with van der Waals surface area (Å²) in [6.45, 7) is 0. The third kappa shape index (κ3) is 0.488. The van der Waals surface area contributed by atoms with Crippen molar-refractivity contribution in [2.24, 2.45) is 0 Å². The largest absolute Gasteiger partial charge is 0.364 e. The average Bonchev–Trinajstić information content (AvgIpc) is 2.64. The van der Waals surface area contributed by atoms with Crippen LogP contribution in [0.2, 0.25) is 0 Å². The molecule has 6 atom stereocenters. The third-order valence-electron chi connectivity index (χ3n) is 2.78. The van der Waals surface area contributed by atoms with E-state index in [1.165, 1.54) is 0 Å². The van der Waals surface area contributed by atoms with Gasteiger partial charge in [0.2, 0.25) is 5.79 Å².